The summed E-state index contributed by atoms with van der Waals surface area (Å²) < 4.78 is 14.6. The molecule has 1 aliphatic carbocycles. The minimum Gasteiger partial charge on any atom is -0.356 e. The Bertz CT molecular complexity index is 539. The van der Waals surface area contributed by atoms with Gasteiger partial charge in [0, 0.05) is 50.5 Å². The molecule has 1 N–H and O–H groups in total. The van der Waals surface area contributed by atoms with Gasteiger partial charge in [-0.3, -0.25) is 4.79 Å². The molecule has 1 amide bonds. The van der Waals surface area contributed by atoms with E-state index in [4.69, 9.17) is 0 Å². The van der Waals surface area contributed by atoms with Crippen molar-refractivity contribution < 1.29 is 9.18 Å². The van der Waals surface area contributed by atoms with Crippen molar-refractivity contribution in [3.05, 3.63) is 18.1 Å². The molecule has 2 fully saturated rings. The molecule has 22 heavy (non-hydrogen) atoms. The van der Waals surface area contributed by atoms with E-state index >= 15 is 0 Å². The molecule has 1 saturated heterocycles. The molecule has 0 spiro atoms. The highest BCUT2D eigenvalue weighted by molar-refractivity contribution is 5.72. The summed E-state index contributed by atoms with van der Waals surface area (Å²) in [5.41, 5.74) is -0.182. The van der Waals surface area contributed by atoms with E-state index in [9.17, 15) is 9.18 Å². The minimum absolute atomic E-state index is 0.104. The van der Waals surface area contributed by atoms with Gasteiger partial charge in [0.05, 0.1) is 6.54 Å². The second-order valence-electron chi connectivity index (χ2n) is 6.48. The Morgan fingerprint density at radius 3 is 2.73 bits per heavy atom. The Morgan fingerprint density at radius 1 is 1.41 bits per heavy atom. The monoisotopic (exact) mass is 306 g/mol. The van der Waals surface area contributed by atoms with Crippen LogP contribution in [0.5, 0.6) is 0 Å². The highest BCUT2D eigenvalue weighted by Crippen LogP contribution is 2.36. The van der Waals surface area contributed by atoms with Gasteiger partial charge >= 0.3 is 0 Å². The number of piperidine rings is 1. The normalized spacial score (nSPS) is 21.3. The molecule has 0 bridgehead atoms. The van der Waals surface area contributed by atoms with Crippen molar-refractivity contribution >= 4 is 11.7 Å². The van der Waals surface area contributed by atoms with Crippen molar-refractivity contribution in [1.82, 2.24) is 15.3 Å². The van der Waals surface area contributed by atoms with Crippen molar-refractivity contribution in [1.29, 1.82) is 0 Å². The average molecular weight is 306 g/mol. The summed E-state index contributed by atoms with van der Waals surface area (Å²) in [6, 6.07) is 2.06. The van der Waals surface area contributed by atoms with E-state index in [1.54, 1.807) is 6.33 Å². The van der Waals surface area contributed by atoms with E-state index in [1.807, 2.05) is 0 Å². The van der Waals surface area contributed by atoms with Crippen LogP contribution >= 0.6 is 0 Å². The lowest BCUT2D eigenvalue weighted by molar-refractivity contribution is -0.119. The second kappa shape index (κ2) is 6.18. The molecule has 1 saturated carbocycles. The Hall–Kier alpha value is -1.72. The molecule has 1 aromatic heterocycles. The molecular weight excluding hydrogens is 283 g/mol. The maximum atomic E-state index is 14.6. The van der Waals surface area contributed by atoms with Crippen LogP contribution in [0.3, 0.4) is 0 Å². The molecule has 2 heterocycles. The zero-order chi connectivity index (χ0) is 15.6. The molecule has 120 valence electrons. The van der Waals surface area contributed by atoms with Crippen LogP contribution in [0.4, 0.5) is 10.2 Å². The lowest BCUT2D eigenvalue weighted by Crippen LogP contribution is -2.48. The van der Waals surface area contributed by atoms with Gasteiger partial charge in [-0.15, -0.1) is 0 Å². The number of amides is 1. The van der Waals surface area contributed by atoms with Gasteiger partial charge in [-0.2, -0.15) is 0 Å². The van der Waals surface area contributed by atoms with E-state index < -0.39 is 5.67 Å². The predicted octanol–water partition coefficient (Wildman–Crippen LogP) is 2.19. The molecule has 6 heteroatoms. The molecule has 0 atom stereocenters. The third-order valence-electron chi connectivity index (χ3n) is 4.83. The summed E-state index contributed by atoms with van der Waals surface area (Å²) in [5.74, 6) is 1.30. The molecule has 1 aromatic rings. The Kier molecular flexibility index (Phi) is 4.27. The molecular formula is C16H23FN4O. The molecule has 0 aromatic carbocycles. The van der Waals surface area contributed by atoms with E-state index in [0.717, 1.165) is 11.5 Å². The Morgan fingerprint density at radius 2 is 2.14 bits per heavy atom. The number of aromatic nitrogens is 2. The predicted molar refractivity (Wildman–Crippen MR) is 82.6 cm³/mol. The standard InChI is InChI=1S/C16H23FN4O/c1-12(22)18-10-16(17)5-7-21(8-6-16)15-9-14(19-11-20-15)13-3-2-4-13/h9,11,13H,2-8,10H2,1H3,(H,18,22). The highest BCUT2D eigenvalue weighted by atomic mass is 19.1. The van der Waals surface area contributed by atoms with Crippen molar-refractivity contribution in [2.45, 2.75) is 50.6 Å². The van der Waals surface area contributed by atoms with Crippen molar-refractivity contribution in [2.24, 2.45) is 0 Å². The second-order valence-corrected chi connectivity index (χ2v) is 6.48. The quantitative estimate of drug-likeness (QED) is 0.926. The lowest BCUT2D eigenvalue weighted by Gasteiger charge is -2.37. The lowest BCUT2D eigenvalue weighted by atomic mass is 9.83. The summed E-state index contributed by atoms with van der Waals surface area (Å²) in [6.45, 7) is 2.77. The van der Waals surface area contributed by atoms with Crippen LogP contribution in [0.25, 0.3) is 0 Å². The number of carbonyl (C=O) groups excluding carboxylic acids is 1. The van der Waals surface area contributed by atoms with Gasteiger partial charge < -0.3 is 10.2 Å². The van der Waals surface area contributed by atoms with Crippen molar-refractivity contribution in [2.75, 3.05) is 24.5 Å². The summed E-state index contributed by atoms with van der Waals surface area (Å²) in [7, 11) is 0. The fourth-order valence-electron chi connectivity index (χ4n) is 3.06. The van der Waals surface area contributed by atoms with Crippen LogP contribution in [0, 0.1) is 0 Å². The molecule has 5 nitrogen and oxygen atoms in total. The van der Waals surface area contributed by atoms with Gasteiger partial charge in [-0.05, 0) is 12.8 Å². The fourth-order valence-corrected chi connectivity index (χ4v) is 3.06. The first kappa shape index (κ1) is 15.2. The van der Waals surface area contributed by atoms with E-state index in [1.165, 1.54) is 26.2 Å². The van der Waals surface area contributed by atoms with E-state index in [0.29, 0.717) is 31.8 Å². The third-order valence-corrected chi connectivity index (χ3v) is 4.83. The molecule has 0 radical (unpaired) electrons. The third kappa shape index (κ3) is 3.36. The van der Waals surface area contributed by atoms with Gasteiger partial charge in [-0.25, -0.2) is 14.4 Å². The number of alkyl halides is 1. The van der Waals surface area contributed by atoms with Crippen LogP contribution in [-0.2, 0) is 4.79 Å². The Labute approximate surface area is 130 Å². The highest BCUT2D eigenvalue weighted by Gasteiger charge is 2.35. The first-order chi connectivity index (χ1) is 10.6. The van der Waals surface area contributed by atoms with Crippen molar-refractivity contribution in [3.63, 3.8) is 0 Å². The molecule has 1 aliphatic heterocycles. The first-order valence-electron chi connectivity index (χ1n) is 8.06. The van der Waals surface area contributed by atoms with Crippen LogP contribution in [0.15, 0.2) is 12.4 Å². The zero-order valence-corrected chi connectivity index (χ0v) is 13.0. The fraction of sp³-hybridized carbons (Fsp3) is 0.688. The summed E-state index contributed by atoms with van der Waals surface area (Å²) in [6.07, 6.45) is 6.15. The van der Waals surface area contributed by atoms with Crippen molar-refractivity contribution in [3.8, 4) is 0 Å². The van der Waals surface area contributed by atoms with Crippen LogP contribution in [0.2, 0.25) is 0 Å². The average Bonchev–Trinajstić information content (AvgIpc) is 2.45. The van der Waals surface area contributed by atoms with Gasteiger partial charge in [0.25, 0.3) is 0 Å². The van der Waals surface area contributed by atoms with E-state index in [2.05, 4.69) is 26.3 Å². The number of hydrogen-bond acceptors (Lipinski definition) is 4. The van der Waals surface area contributed by atoms with Gasteiger partial charge in [0.15, 0.2) is 0 Å². The number of halogens is 1. The van der Waals surface area contributed by atoms with Gasteiger partial charge in [0.1, 0.15) is 17.8 Å². The number of hydrogen-bond donors (Lipinski definition) is 1. The largest absolute Gasteiger partial charge is 0.356 e. The maximum Gasteiger partial charge on any atom is 0.216 e. The maximum absolute atomic E-state index is 14.6. The number of anilines is 1. The number of rotatable bonds is 4. The molecule has 2 aliphatic rings. The minimum atomic E-state index is -1.30. The molecule has 3 rings (SSSR count). The molecule has 0 unspecified atom stereocenters. The first-order valence-corrected chi connectivity index (χ1v) is 8.06. The SMILES string of the molecule is CC(=O)NCC1(F)CCN(c2cc(C3CCC3)ncn2)CC1. The number of carbonyl (C=O) groups is 1. The zero-order valence-electron chi connectivity index (χ0n) is 13.0. The topological polar surface area (TPSA) is 58.1 Å². The summed E-state index contributed by atoms with van der Waals surface area (Å²) in [5, 5.41) is 2.59. The van der Waals surface area contributed by atoms with E-state index in [-0.39, 0.29) is 12.5 Å². The van der Waals surface area contributed by atoms with Crippen LogP contribution < -0.4 is 10.2 Å². The van der Waals surface area contributed by atoms with Gasteiger partial charge in [-0.1, -0.05) is 6.42 Å². The number of nitrogens with zero attached hydrogens (tertiary/aromatic N) is 3. The van der Waals surface area contributed by atoms with Crippen LogP contribution in [-0.4, -0.2) is 41.2 Å². The summed E-state index contributed by atoms with van der Waals surface area (Å²) in [4.78, 5) is 21.8. The Balaban J connectivity index is 1.60. The number of nitrogens with one attached hydrogen (secondary N) is 1. The van der Waals surface area contributed by atoms with Gasteiger partial charge in [0.2, 0.25) is 5.91 Å². The summed E-state index contributed by atoms with van der Waals surface area (Å²) >= 11 is 0. The smallest absolute Gasteiger partial charge is 0.216 e. The van der Waals surface area contributed by atoms with Crippen LogP contribution in [0.1, 0.15) is 50.6 Å².